The molecule has 116 valence electrons. The van der Waals surface area contributed by atoms with Crippen LogP contribution in [-0.4, -0.2) is 8.42 Å². The Balaban J connectivity index is 2.17. The Kier molecular flexibility index (Phi) is 4.17. The van der Waals surface area contributed by atoms with Crippen LogP contribution in [0.1, 0.15) is 16.9 Å². The molecule has 0 N–H and O–H groups in total. The number of hydrogen-bond donors (Lipinski definition) is 0. The minimum Gasteiger partial charge on any atom is -0.465 e. The van der Waals surface area contributed by atoms with Gasteiger partial charge >= 0.3 is 0 Å². The molecule has 4 heteroatoms. The summed E-state index contributed by atoms with van der Waals surface area (Å²) in [5.41, 5.74) is 1.64. The molecule has 0 saturated carbocycles. The molecule has 0 amide bonds. The van der Waals surface area contributed by atoms with E-state index in [2.05, 4.69) is 0 Å². The van der Waals surface area contributed by atoms with E-state index in [-0.39, 0.29) is 9.80 Å². The molecule has 0 bridgehead atoms. The molecule has 0 aliphatic rings. The monoisotopic (exact) mass is 324 g/mol. The van der Waals surface area contributed by atoms with Crippen molar-refractivity contribution in [2.75, 3.05) is 0 Å². The van der Waals surface area contributed by atoms with Crippen molar-refractivity contribution >= 4 is 20.8 Å². The van der Waals surface area contributed by atoms with Crippen LogP contribution in [0.3, 0.4) is 0 Å². The van der Waals surface area contributed by atoms with Gasteiger partial charge in [0, 0.05) is 6.08 Å². The number of sulfone groups is 1. The van der Waals surface area contributed by atoms with E-state index in [9.17, 15) is 8.42 Å². The topological polar surface area (TPSA) is 47.3 Å². The summed E-state index contributed by atoms with van der Waals surface area (Å²) in [6, 6.07) is 19.3. The summed E-state index contributed by atoms with van der Waals surface area (Å²) in [7, 11) is -3.65. The van der Waals surface area contributed by atoms with Gasteiger partial charge in [-0.15, -0.1) is 0 Å². The van der Waals surface area contributed by atoms with E-state index in [0.29, 0.717) is 11.3 Å². The lowest BCUT2D eigenvalue weighted by Gasteiger charge is -2.10. The Bertz CT molecular complexity index is 905. The van der Waals surface area contributed by atoms with Crippen LogP contribution in [0.2, 0.25) is 0 Å². The van der Waals surface area contributed by atoms with Gasteiger partial charge in [0.15, 0.2) is 0 Å². The van der Waals surface area contributed by atoms with Gasteiger partial charge in [0.1, 0.15) is 5.76 Å². The summed E-state index contributed by atoms with van der Waals surface area (Å²) < 4.78 is 31.4. The molecule has 1 heterocycles. The second kappa shape index (κ2) is 6.26. The summed E-state index contributed by atoms with van der Waals surface area (Å²) in [6.07, 6.45) is 3.08. The minimum atomic E-state index is -3.65. The van der Waals surface area contributed by atoms with E-state index in [4.69, 9.17) is 4.42 Å². The van der Waals surface area contributed by atoms with Gasteiger partial charge in [0.2, 0.25) is 9.84 Å². The van der Waals surface area contributed by atoms with Crippen LogP contribution >= 0.6 is 0 Å². The van der Waals surface area contributed by atoms with Crippen LogP contribution in [0.15, 0.2) is 82.3 Å². The maximum absolute atomic E-state index is 13.1. The van der Waals surface area contributed by atoms with Gasteiger partial charge in [-0.25, -0.2) is 8.42 Å². The Morgan fingerprint density at radius 3 is 2.22 bits per heavy atom. The molecule has 0 spiro atoms. The van der Waals surface area contributed by atoms with Crippen LogP contribution in [-0.2, 0) is 9.84 Å². The number of furan rings is 1. The molecular weight excluding hydrogens is 308 g/mol. The van der Waals surface area contributed by atoms with Gasteiger partial charge in [-0.2, -0.15) is 0 Å². The molecule has 23 heavy (non-hydrogen) atoms. The van der Waals surface area contributed by atoms with Gasteiger partial charge in [0.05, 0.1) is 16.1 Å². The number of benzene rings is 2. The Morgan fingerprint density at radius 2 is 1.61 bits per heavy atom. The van der Waals surface area contributed by atoms with E-state index < -0.39 is 9.84 Å². The molecule has 0 radical (unpaired) electrons. The summed E-state index contributed by atoms with van der Waals surface area (Å²) in [4.78, 5) is 0.488. The number of aryl methyl sites for hydroxylation is 1. The van der Waals surface area contributed by atoms with E-state index in [1.54, 1.807) is 54.6 Å². The van der Waals surface area contributed by atoms with Gasteiger partial charge in [-0.1, -0.05) is 48.0 Å². The second-order valence-corrected chi connectivity index (χ2v) is 7.12. The average Bonchev–Trinajstić information content (AvgIpc) is 3.07. The van der Waals surface area contributed by atoms with E-state index in [0.717, 1.165) is 5.56 Å². The van der Waals surface area contributed by atoms with Crippen molar-refractivity contribution in [1.82, 2.24) is 0 Å². The van der Waals surface area contributed by atoms with E-state index in [1.165, 1.54) is 6.26 Å². The van der Waals surface area contributed by atoms with E-state index in [1.807, 2.05) is 25.1 Å². The zero-order valence-electron chi connectivity index (χ0n) is 12.6. The smallest absolute Gasteiger partial charge is 0.207 e. The zero-order chi connectivity index (χ0) is 16.3. The molecule has 0 aliphatic carbocycles. The third-order valence-corrected chi connectivity index (χ3v) is 5.32. The van der Waals surface area contributed by atoms with Crippen molar-refractivity contribution in [1.29, 1.82) is 0 Å². The van der Waals surface area contributed by atoms with Gasteiger partial charge in [-0.05, 0) is 36.8 Å². The van der Waals surface area contributed by atoms with Gasteiger partial charge < -0.3 is 4.42 Å². The standard InChI is InChI=1S/C19H16O3S/c1-15-9-11-18(12-10-15)23(20,21)19(14-17-8-5-13-22-17)16-6-3-2-4-7-16/h2-14H,1H3/b19-14+. The normalized spacial score (nSPS) is 12.3. The van der Waals surface area contributed by atoms with Crippen molar-refractivity contribution in [3.63, 3.8) is 0 Å². The fourth-order valence-electron chi connectivity index (χ4n) is 2.27. The minimum absolute atomic E-state index is 0.219. The van der Waals surface area contributed by atoms with Crippen molar-refractivity contribution in [3.8, 4) is 0 Å². The SMILES string of the molecule is Cc1ccc(S(=O)(=O)/C(=C/c2ccco2)c2ccccc2)cc1. The lowest BCUT2D eigenvalue weighted by atomic mass is 10.2. The van der Waals surface area contributed by atoms with Crippen LogP contribution in [0.4, 0.5) is 0 Å². The van der Waals surface area contributed by atoms with Crippen molar-refractivity contribution in [3.05, 3.63) is 89.9 Å². The average molecular weight is 324 g/mol. The van der Waals surface area contributed by atoms with Crippen molar-refractivity contribution in [2.24, 2.45) is 0 Å². The first kappa shape index (κ1) is 15.3. The molecule has 0 fully saturated rings. The molecule has 3 aromatic rings. The zero-order valence-corrected chi connectivity index (χ0v) is 13.5. The molecule has 1 aromatic heterocycles. The molecule has 0 unspecified atom stereocenters. The molecule has 0 atom stereocenters. The number of rotatable bonds is 4. The Hall–Kier alpha value is -2.59. The summed E-state index contributed by atoms with van der Waals surface area (Å²) >= 11 is 0. The van der Waals surface area contributed by atoms with Crippen molar-refractivity contribution < 1.29 is 12.8 Å². The molecule has 3 rings (SSSR count). The predicted octanol–water partition coefficient (Wildman–Crippen LogP) is 4.56. The highest BCUT2D eigenvalue weighted by Crippen LogP contribution is 2.30. The molecular formula is C19H16O3S. The molecule has 2 aromatic carbocycles. The quantitative estimate of drug-likeness (QED) is 0.707. The molecule has 0 aliphatic heterocycles. The highest BCUT2D eigenvalue weighted by atomic mass is 32.2. The fraction of sp³-hybridized carbons (Fsp3) is 0.0526. The highest BCUT2D eigenvalue weighted by molar-refractivity contribution is 8.00. The predicted molar refractivity (Wildman–Crippen MR) is 91.4 cm³/mol. The lowest BCUT2D eigenvalue weighted by molar-refractivity contribution is 0.557. The molecule has 3 nitrogen and oxygen atoms in total. The summed E-state index contributed by atoms with van der Waals surface area (Å²) in [6.45, 7) is 1.92. The largest absolute Gasteiger partial charge is 0.465 e. The molecule has 0 saturated heterocycles. The second-order valence-electron chi connectivity index (χ2n) is 5.21. The highest BCUT2D eigenvalue weighted by Gasteiger charge is 2.22. The van der Waals surface area contributed by atoms with Gasteiger partial charge in [-0.3, -0.25) is 0 Å². The van der Waals surface area contributed by atoms with Gasteiger partial charge in [0.25, 0.3) is 0 Å². The first-order valence-corrected chi connectivity index (χ1v) is 8.68. The summed E-state index contributed by atoms with van der Waals surface area (Å²) in [5, 5.41) is 0. The van der Waals surface area contributed by atoms with E-state index >= 15 is 0 Å². The maximum Gasteiger partial charge on any atom is 0.207 e. The third kappa shape index (κ3) is 3.27. The fourth-order valence-corrected chi connectivity index (χ4v) is 3.73. The van der Waals surface area contributed by atoms with Crippen LogP contribution in [0.25, 0.3) is 11.0 Å². The number of hydrogen-bond acceptors (Lipinski definition) is 3. The summed E-state index contributed by atoms with van der Waals surface area (Å²) in [5.74, 6) is 0.500. The Labute approximate surface area is 135 Å². The third-order valence-electron chi connectivity index (χ3n) is 3.50. The first-order valence-electron chi connectivity index (χ1n) is 7.20. The maximum atomic E-state index is 13.1. The lowest BCUT2D eigenvalue weighted by Crippen LogP contribution is -2.04. The van der Waals surface area contributed by atoms with Crippen LogP contribution in [0, 0.1) is 6.92 Å². The van der Waals surface area contributed by atoms with Crippen molar-refractivity contribution in [2.45, 2.75) is 11.8 Å². The first-order chi connectivity index (χ1) is 11.1. The Morgan fingerprint density at radius 1 is 0.913 bits per heavy atom. The van der Waals surface area contributed by atoms with Crippen LogP contribution < -0.4 is 0 Å². The van der Waals surface area contributed by atoms with Crippen LogP contribution in [0.5, 0.6) is 0 Å².